The third kappa shape index (κ3) is 3.87. The van der Waals surface area contributed by atoms with Crippen molar-refractivity contribution >= 4 is 29.3 Å². The summed E-state index contributed by atoms with van der Waals surface area (Å²) in [5.74, 6) is -0.252. The lowest BCUT2D eigenvalue weighted by molar-refractivity contribution is -0.111. The Labute approximate surface area is 122 Å². The summed E-state index contributed by atoms with van der Waals surface area (Å²) in [5.41, 5.74) is 2.19. The highest BCUT2D eigenvalue weighted by molar-refractivity contribution is 6.30. The molecule has 0 unspecified atom stereocenters. The van der Waals surface area contributed by atoms with Crippen molar-refractivity contribution in [2.75, 3.05) is 5.32 Å². The maximum atomic E-state index is 11.8. The number of anilines is 1. The van der Waals surface area contributed by atoms with Gasteiger partial charge in [0.2, 0.25) is 5.91 Å². The number of halogens is 1. The molecule has 0 aliphatic heterocycles. The Morgan fingerprint density at radius 1 is 1.20 bits per heavy atom. The molecule has 2 rings (SSSR count). The lowest BCUT2D eigenvalue weighted by Crippen LogP contribution is -2.07. The van der Waals surface area contributed by atoms with E-state index in [0.717, 1.165) is 11.1 Å². The highest BCUT2D eigenvalue weighted by Gasteiger charge is 2.03. The fourth-order valence-corrected chi connectivity index (χ4v) is 1.79. The molecular weight excluding hydrogens is 274 g/mol. The summed E-state index contributed by atoms with van der Waals surface area (Å²) < 4.78 is 0. The van der Waals surface area contributed by atoms with E-state index in [1.54, 1.807) is 30.3 Å². The van der Waals surface area contributed by atoms with Crippen LogP contribution in [0.5, 0.6) is 5.75 Å². The Kier molecular flexibility index (Phi) is 4.43. The molecule has 0 aromatic heterocycles. The lowest BCUT2D eigenvalue weighted by atomic mass is 10.2. The molecule has 2 N–H and O–H groups in total. The minimum absolute atomic E-state index is 0.0539. The molecule has 0 heterocycles. The van der Waals surface area contributed by atoms with Crippen LogP contribution in [-0.2, 0) is 4.79 Å². The lowest BCUT2D eigenvalue weighted by Gasteiger charge is -2.05. The molecule has 4 heteroatoms. The summed E-state index contributed by atoms with van der Waals surface area (Å²) in [4.78, 5) is 11.8. The molecule has 20 heavy (non-hydrogen) atoms. The first kappa shape index (κ1) is 14.2. The van der Waals surface area contributed by atoms with Gasteiger partial charge in [-0.1, -0.05) is 29.8 Å². The van der Waals surface area contributed by atoms with E-state index in [-0.39, 0.29) is 11.7 Å². The zero-order valence-electron chi connectivity index (χ0n) is 10.9. The third-order valence-electron chi connectivity index (χ3n) is 2.71. The number of carbonyl (C=O) groups excluding carboxylic acids is 1. The van der Waals surface area contributed by atoms with Crippen LogP contribution >= 0.6 is 11.6 Å². The van der Waals surface area contributed by atoms with Crippen LogP contribution in [0.15, 0.2) is 48.5 Å². The van der Waals surface area contributed by atoms with Gasteiger partial charge in [0.05, 0.1) is 5.69 Å². The van der Waals surface area contributed by atoms with Gasteiger partial charge >= 0.3 is 0 Å². The fourth-order valence-electron chi connectivity index (χ4n) is 1.67. The van der Waals surface area contributed by atoms with Crippen molar-refractivity contribution < 1.29 is 9.90 Å². The van der Waals surface area contributed by atoms with Crippen molar-refractivity contribution in [3.8, 4) is 5.75 Å². The van der Waals surface area contributed by atoms with Crippen LogP contribution in [-0.4, -0.2) is 11.0 Å². The number of amides is 1. The zero-order valence-corrected chi connectivity index (χ0v) is 11.7. The van der Waals surface area contributed by atoms with E-state index < -0.39 is 0 Å². The van der Waals surface area contributed by atoms with Crippen LogP contribution in [0.2, 0.25) is 5.02 Å². The Bertz CT molecular complexity index is 648. The van der Waals surface area contributed by atoms with E-state index in [9.17, 15) is 9.90 Å². The first-order valence-corrected chi connectivity index (χ1v) is 6.46. The van der Waals surface area contributed by atoms with Crippen LogP contribution in [0.4, 0.5) is 5.69 Å². The van der Waals surface area contributed by atoms with Crippen LogP contribution in [0.25, 0.3) is 6.08 Å². The van der Waals surface area contributed by atoms with E-state index in [1.807, 2.05) is 25.1 Å². The monoisotopic (exact) mass is 287 g/mol. The molecule has 0 aliphatic carbocycles. The van der Waals surface area contributed by atoms with Gasteiger partial charge in [0.15, 0.2) is 0 Å². The smallest absolute Gasteiger partial charge is 0.248 e. The molecule has 0 atom stereocenters. The predicted octanol–water partition coefficient (Wildman–Crippen LogP) is 4.01. The summed E-state index contributed by atoms with van der Waals surface area (Å²) in [6, 6.07) is 12.2. The number of phenols is 1. The largest absolute Gasteiger partial charge is 0.506 e. The van der Waals surface area contributed by atoms with Gasteiger partial charge in [-0.15, -0.1) is 0 Å². The Hall–Kier alpha value is -2.26. The SMILES string of the molecule is Cc1ccc(NC(=O)C=Cc2ccc(Cl)cc2)c(O)c1. The number of benzene rings is 2. The highest BCUT2D eigenvalue weighted by Crippen LogP contribution is 2.23. The summed E-state index contributed by atoms with van der Waals surface area (Å²) in [6.45, 7) is 1.87. The second-order valence-corrected chi connectivity index (χ2v) is 4.83. The average Bonchev–Trinajstić information content (AvgIpc) is 2.41. The van der Waals surface area contributed by atoms with E-state index in [0.29, 0.717) is 10.7 Å². The molecule has 2 aromatic carbocycles. The molecular formula is C16H14ClNO2. The standard InChI is InChI=1S/C16H14ClNO2/c1-11-2-8-14(15(19)10-11)18-16(20)9-5-12-3-6-13(17)7-4-12/h2-10,19H,1H3,(H,18,20). The van der Waals surface area contributed by atoms with Gasteiger partial charge in [0.25, 0.3) is 0 Å². The number of carbonyl (C=O) groups is 1. The number of hydrogen-bond acceptors (Lipinski definition) is 2. The minimum Gasteiger partial charge on any atom is -0.506 e. The second-order valence-electron chi connectivity index (χ2n) is 4.39. The summed E-state index contributed by atoms with van der Waals surface area (Å²) >= 11 is 5.78. The number of aromatic hydroxyl groups is 1. The van der Waals surface area contributed by atoms with E-state index >= 15 is 0 Å². The molecule has 0 saturated heterocycles. The van der Waals surface area contributed by atoms with Crippen LogP contribution in [0, 0.1) is 6.92 Å². The molecule has 0 fully saturated rings. The number of aryl methyl sites for hydroxylation is 1. The Morgan fingerprint density at radius 3 is 2.55 bits per heavy atom. The second kappa shape index (κ2) is 6.26. The van der Waals surface area contributed by atoms with Crippen LogP contribution in [0.3, 0.4) is 0 Å². The fraction of sp³-hybridized carbons (Fsp3) is 0.0625. The molecule has 0 bridgehead atoms. The molecule has 102 valence electrons. The average molecular weight is 288 g/mol. The summed E-state index contributed by atoms with van der Waals surface area (Å²) in [7, 11) is 0. The van der Waals surface area contributed by atoms with Gasteiger partial charge in [0.1, 0.15) is 5.75 Å². The van der Waals surface area contributed by atoms with Gasteiger partial charge < -0.3 is 10.4 Å². The van der Waals surface area contributed by atoms with E-state index in [2.05, 4.69) is 5.32 Å². The molecule has 2 aromatic rings. The maximum absolute atomic E-state index is 11.8. The molecule has 0 saturated carbocycles. The number of rotatable bonds is 3. The number of phenolic OH excluding ortho intramolecular Hbond substituents is 1. The van der Waals surface area contributed by atoms with Gasteiger partial charge in [0, 0.05) is 11.1 Å². The Balaban J connectivity index is 2.03. The van der Waals surface area contributed by atoms with Crippen molar-refractivity contribution in [1.82, 2.24) is 0 Å². The number of hydrogen-bond donors (Lipinski definition) is 2. The van der Waals surface area contributed by atoms with Crippen molar-refractivity contribution in [2.24, 2.45) is 0 Å². The predicted molar refractivity (Wildman–Crippen MR) is 82.0 cm³/mol. The third-order valence-corrected chi connectivity index (χ3v) is 2.96. The first-order chi connectivity index (χ1) is 9.54. The van der Waals surface area contributed by atoms with Gasteiger partial charge in [-0.05, 0) is 48.4 Å². The highest BCUT2D eigenvalue weighted by atomic mass is 35.5. The van der Waals surface area contributed by atoms with Crippen LogP contribution in [0.1, 0.15) is 11.1 Å². The van der Waals surface area contributed by atoms with E-state index in [4.69, 9.17) is 11.6 Å². The minimum atomic E-state index is -0.306. The van der Waals surface area contributed by atoms with Gasteiger partial charge in [-0.3, -0.25) is 4.79 Å². The van der Waals surface area contributed by atoms with Crippen molar-refractivity contribution in [2.45, 2.75) is 6.92 Å². The topological polar surface area (TPSA) is 49.3 Å². The molecule has 0 radical (unpaired) electrons. The maximum Gasteiger partial charge on any atom is 0.248 e. The van der Waals surface area contributed by atoms with Crippen molar-refractivity contribution in [3.05, 3.63) is 64.7 Å². The van der Waals surface area contributed by atoms with Crippen molar-refractivity contribution in [3.63, 3.8) is 0 Å². The quantitative estimate of drug-likeness (QED) is 0.662. The summed E-state index contributed by atoms with van der Waals surface area (Å²) in [5, 5.41) is 13.0. The first-order valence-electron chi connectivity index (χ1n) is 6.09. The van der Waals surface area contributed by atoms with Gasteiger partial charge in [-0.2, -0.15) is 0 Å². The van der Waals surface area contributed by atoms with Crippen LogP contribution < -0.4 is 5.32 Å². The van der Waals surface area contributed by atoms with Crippen molar-refractivity contribution in [1.29, 1.82) is 0 Å². The zero-order chi connectivity index (χ0) is 14.5. The molecule has 1 amide bonds. The Morgan fingerprint density at radius 2 is 1.90 bits per heavy atom. The summed E-state index contributed by atoms with van der Waals surface area (Å²) in [6.07, 6.45) is 3.08. The van der Waals surface area contributed by atoms with E-state index in [1.165, 1.54) is 6.08 Å². The molecule has 0 aliphatic rings. The molecule has 0 spiro atoms. The number of nitrogens with one attached hydrogen (secondary N) is 1. The van der Waals surface area contributed by atoms with Gasteiger partial charge in [-0.25, -0.2) is 0 Å². The molecule has 3 nitrogen and oxygen atoms in total. The normalized spacial score (nSPS) is 10.7.